The molecule has 0 N–H and O–H groups in total. The minimum Gasteiger partial charge on any atom is -0.455 e. The van der Waals surface area contributed by atoms with Crippen molar-refractivity contribution in [2.45, 2.75) is 40.0 Å². The number of rotatable bonds is 3. The highest BCUT2D eigenvalue weighted by molar-refractivity contribution is 6.14. The fourth-order valence-corrected chi connectivity index (χ4v) is 5.86. The highest BCUT2D eigenvalue weighted by atomic mass is 19.1. The van der Waals surface area contributed by atoms with Crippen LogP contribution in [0.15, 0.2) is 76.9 Å². The summed E-state index contributed by atoms with van der Waals surface area (Å²) in [5.41, 5.74) is 11.3. The zero-order valence-corrected chi connectivity index (χ0v) is 23.1. The van der Waals surface area contributed by atoms with Gasteiger partial charge in [0.15, 0.2) is 0 Å². The van der Waals surface area contributed by atoms with Crippen LogP contribution in [0.2, 0.25) is 0 Å². The van der Waals surface area contributed by atoms with Crippen LogP contribution in [0.3, 0.4) is 0 Å². The number of hydrogen-bond acceptors (Lipinski definition) is 3. The Morgan fingerprint density at radius 3 is 2.48 bits per heavy atom. The lowest BCUT2D eigenvalue weighted by Crippen LogP contribution is -2.15. The third-order valence-corrected chi connectivity index (χ3v) is 8.36. The van der Waals surface area contributed by atoms with E-state index in [4.69, 9.17) is 10.8 Å². The van der Waals surface area contributed by atoms with Gasteiger partial charge in [0, 0.05) is 27.3 Å². The van der Waals surface area contributed by atoms with Crippen molar-refractivity contribution in [2.24, 2.45) is 0 Å². The molecular formula is C36H27FN2O. The lowest BCUT2D eigenvalue weighted by molar-refractivity contribution is 0.612. The van der Waals surface area contributed by atoms with Crippen LogP contribution < -0.4 is 0 Å². The van der Waals surface area contributed by atoms with Gasteiger partial charge < -0.3 is 4.42 Å². The number of benzene rings is 3. The van der Waals surface area contributed by atoms with E-state index in [9.17, 15) is 9.65 Å². The van der Waals surface area contributed by atoms with Gasteiger partial charge in [0.05, 0.1) is 23.5 Å². The lowest BCUT2D eigenvalue weighted by atomic mass is 9.81. The first-order chi connectivity index (χ1) is 19.1. The van der Waals surface area contributed by atoms with Gasteiger partial charge >= 0.3 is 0 Å². The van der Waals surface area contributed by atoms with Gasteiger partial charge in [-0.3, -0.25) is 4.98 Å². The van der Waals surface area contributed by atoms with Crippen molar-refractivity contribution in [1.29, 1.82) is 5.26 Å². The van der Waals surface area contributed by atoms with Gasteiger partial charge in [-0.05, 0) is 90.6 Å². The number of furan rings is 1. The molecule has 3 aromatic carbocycles. The van der Waals surface area contributed by atoms with Gasteiger partial charge in [-0.15, -0.1) is 6.42 Å². The summed E-state index contributed by atoms with van der Waals surface area (Å²) in [6.45, 7) is 10.3. The lowest BCUT2D eigenvalue weighted by Gasteiger charge is -2.23. The minimum absolute atomic E-state index is 0.185. The maximum atomic E-state index is 14.0. The van der Waals surface area contributed by atoms with E-state index in [0.29, 0.717) is 28.0 Å². The van der Waals surface area contributed by atoms with Crippen LogP contribution in [0.5, 0.6) is 0 Å². The van der Waals surface area contributed by atoms with Gasteiger partial charge in [-0.1, -0.05) is 49.6 Å². The van der Waals surface area contributed by atoms with Crippen LogP contribution in [0.4, 0.5) is 4.39 Å². The van der Waals surface area contributed by atoms with Crippen LogP contribution in [0.25, 0.3) is 49.9 Å². The van der Waals surface area contributed by atoms with Gasteiger partial charge in [-0.25, -0.2) is 4.39 Å². The Morgan fingerprint density at radius 1 is 0.950 bits per heavy atom. The molecule has 194 valence electrons. The van der Waals surface area contributed by atoms with Crippen LogP contribution in [0.1, 0.15) is 48.6 Å². The molecule has 0 spiro atoms. The Bertz CT molecular complexity index is 2040. The third-order valence-electron chi connectivity index (χ3n) is 8.36. The van der Waals surface area contributed by atoms with Crippen molar-refractivity contribution in [3.63, 3.8) is 0 Å². The molecule has 1 aliphatic rings. The van der Waals surface area contributed by atoms with Gasteiger partial charge in [0.2, 0.25) is 0 Å². The Labute approximate surface area is 233 Å². The Hall–Kier alpha value is -4.93. The molecule has 0 aliphatic heterocycles. The monoisotopic (exact) mass is 522 g/mol. The zero-order valence-electron chi connectivity index (χ0n) is 23.1. The molecule has 0 saturated carbocycles. The molecule has 0 saturated heterocycles. The summed E-state index contributed by atoms with van der Waals surface area (Å²) >= 11 is 0. The summed E-state index contributed by atoms with van der Waals surface area (Å²) < 4.78 is 20.7. The first-order valence-corrected chi connectivity index (χ1v) is 13.2. The van der Waals surface area contributed by atoms with Crippen LogP contribution >= 0.6 is 0 Å². The summed E-state index contributed by atoms with van der Waals surface area (Å²) in [5, 5.41) is 11.7. The molecular weight excluding hydrogens is 495 g/mol. The second-order valence-electron chi connectivity index (χ2n) is 11.0. The summed E-state index contributed by atoms with van der Waals surface area (Å²) in [6.07, 6.45) is 10.5. The minimum atomic E-state index is -0.346. The standard InChI is InChI=1S/C36H27FN2O/c1-7-8-9-25-22(4)36(5,6)30-17-24(11-13-26(25)30)28-15-23(18-38)16-29-27-12-10-20(2)33(35(27)40-34(28)29)32-14-21(3)31(37)19-39-32/h1,8-17,19H,2-6H3/b9-8-. The van der Waals surface area contributed by atoms with Gasteiger partial charge in [0.1, 0.15) is 17.0 Å². The maximum absolute atomic E-state index is 14.0. The van der Waals surface area contributed by atoms with Crippen molar-refractivity contribution < 1.29 is 8.81 Å². The number of halogens is 1. The third kappa shape index (κ3) is 3.69. The molecule has 5 aromatic rings. The molecule has 0 unspecified atom stereocenters. The topological polar surface area (TPSA) is 49.8 Å². The summed E-state index contributed by atoms with van der Waals surface area (Å²) in [6, 6.07) is 18.3. The second kappa shape index (κ2) is 9.08. The zero-order chi connectivity index (χ0) is 28.3. The number of aromatic nitrogens is 1. The highest BCUT2D eigenvalue weighted by Crippen LogP contribution is 2.49. The van der Waals surface area contributed by atoms with Crippen molar-refractivity contribution in [1.82, 2.24) is 4.98 Å². The molecule has 0 radical (unpaired) electrons. The van der Waals surface area contributed by atoms with E-state index < -0.39 is 0 Å². The van der Waals surface area contributed by atoms with Crippen molar-refractivity contribution in [3.8, 4) is 40.8 Å². The number of aryl methyl sites for hydroxylation is 2. The first-order valence-electron chi connectivity index (χ1n) is 13.2. The predicted octanol–water partition coefficient (Wildman–Crippen LogP) is 9.20. The van der Waals surface area contributed by atoms with Crippen molar-refractivity contribution >= 4 is 27.5 Å². The smallest absolute Gasteiger partial charge is 0.145 e. The normalized spacial score (nSPS) is 14.2. The fourth-order valence-electron chi connectivity index (χ4n) is 5.86. The van der Waals surface area contributed by atoms with Crippen LogP contribution in [-0.4, -0.2) is 4.98 Å². The number of allylic oxidation sites excluding steroid dienone is 4. The molecule has 0 fully saturated rings. The number of nitrogens with zero attached hydrogens (tertiary/aromatic N) is 2. The number of terminal acetylenes is 1. The quantitative estimate of drug-likeness (QED) is 0.222. The SMILES string of the molecule is C#C/C=C\C1=C(C)C(C)(C)c2cc(-c3cc(C#N)cc4c3oc3c(-c5cc(C)c(F)cn5)c(C)ccc34)ccc21. The second-order valence-corrected chi connectivity index (χ2v) is 11.0. The van der Waals surface area contributed by atoms with E-state index >= 15 is 0 Å². The molecule has 1 aliphatic carbocycles. The van der Waals surface area contributed by atoms with E-state index in [1.54, 1.807) is 19.1 Å². The molecule has 3 nitrogen and oxygen atoms in total. The summed E-state index contributed by atoms with van der Waals surface area (Å²) in [5.74, 6) is 2.26. The van der Waals surface area contributed by atoms with Crippen molar-refractivity contribution in [2.75, 3.05) is 0 Å². The molecule has 0 bridgehead atoms. The summed E-state index contributed by atoms with van der Waals surface area (Å²) in [7, 11) is 0. The number of hydrogen-bond donors (Lipinski definition) is 0. The average molecular weight is 523 g/mol. The molecule has 2 aromatic heterocycles. The van der Waals surface area contributed by atoms with E-state index in [1.165, 1.54) is 17.3 Å². The molecule has 6 rings (SSSR count). The van der Waals surface area contributed by atoms with Crippen LogP contribution in [-0.2, 0) is 5.41 Å². The number of pyridine rings is 1. The Balaban J connectivity index is 1.62. The van der Waals surface area contributed by atoms with E-state index in [1.807, 2.05) is 37.3 Å². The van der Waals surface area contributed by atoms with E-state index in [0.717, 1.165) is 44.2 Å². The Kier molecular flexibility index (Phi) is 5.75. The largest absolute Gasteiger partial charge is 0.455 e. The average Bonchev–Trinajstić information content (AvgIpc) is 3.40. The number of nitriles is 1. The van der Waals surface area contributed by atoms with Gasteiger partial charge in [0.25, 0.3) is 0 Å². The molecule has 0 amide bonds. The van der Waals surface area contributed by atoms with Crippen molar-refractivity contribution in [3.05, 3.63) is 106 Å². The Morgan fingerprint density at radius 2 is 1.75 bits per heavy atom. The highest BCUT2D eigenvalue weighted by Gasteiger charge is 2.34. The van der Waals surface area contributed by atoms with E-state index in [2.05, 4.69) is 55.9 Å². The molecule has 2 heterocycles. The van der Waals surface area contributed by atoms with Crippen LogP contribution in [0, 0.1) is 43.3 Å². The fraction of sp³-hybridized carbons (Fsp3) is 0.167. The van der Waals surface area contributed by atoms with Gasteiger partial charge in [-0.2, -0.15) is 5.26 Å². The molecule has 40 heavy (non-hydrogen) atoms. The summed E-state index contributed by atoms with van der Waals surface area (Å²) in [4.78, 5) is 4.39. The number of fused-ring (bicyclic) bond motifs is 4. The predicted molar refractivity (Wildman–Crippen MR) is 160 cm³/mol. The molecule has 0 atom stereocenters. The van der Waals surface area contributed by atoms with E-state index in [-0.39, 0.29) is 11.2 Å². The molecule has 4 heteroatoms. The maximum Gasteiger partial charge on any atom is 0.145 e. The first kappa shape index (κ1) is 25.4.